The van der Waals surface area contributed by atoms with E-state index in [9.17, 15) is 0 Å². The van der Waals surface area contributed by atoms with E-state index in [0.717, 1.165) is 12.5 Å². The molecule has 0 aliphatic heterocycles. The second-order valence-corrected chi connectivity index (χ2v) is 5.70. The maximum Gasteiger partial charge on any atom is 0.0302 e. The lowest BCUT2D eigenvalue weighted by Crippen LogP contribution is -2.30. The van der Waals surface area contributed by atoms with Gasteiger partial charge in [0.2, 0.25) is 0 Å². The van der Waals surface area contributed by atoms with Crippen molar-refractivity contribution >= 4 is 27.3 Å². The highest BCUT2D eigenvalue weighted by Crippen LogP contribution is 2.19. The lowest BCUT2D eigenvalue weighted by molar-refractivity contribution is 0.390. The second kappa shape index (κ2) is 5.89. The molecule has 0 fully saturated rings. The quantitative estimate of drug-likeness (QED) is 0.856. The lowest BCUT2D eigenvalue weighted by atomic mass is 10.0. The molecule has 0 radical (unpaired) electrons. The summed E-state index contributed by atoms with van der Waals surface area (Å²) >= 11 is 5.27. The van der Waals surface area contributed by atoms with E-state index in [1.807, 2.05) is 0 Å². The molecule has 0 spiro atoms. The first-order valence-electron chi connectivity index (χ1n) is 5.09. The standard InChI is InChI=1S/C11H18BrNS/c1-4-8(2)9(3)13-6-11-5-10(12)7-14-11/h5,7-9,13H,4,6H2,1-3H3. The van der Waals surface area contributed by atoms with E-state index in [-0.39, 0.29) is 0 Å². The molecule has 1 N–H and O–H groups in total. The molecule has 0 aromatic carbocycles. The summed E-state index contributed by atoms with van der Waals surface area (Å²) < 4.78 is 1.19. The number of hydrogen-bond donors (Lipinski definition) is 1. The van der Waals surface area contributed by atoms with Crippen LogP contribution in [0, 0.1) is 5.92 Å². The van der Waals surface area contributed by atoms with Crippen LogP contribution in [0.2, 0.25) is 0 Å². The zero-order valence-electron chi connectivity index (χ0n) is 9.01. The minimum atomic E-state index is 0.598. The van der Waals surface area contributed by atoms with Crippen LogP contribution in [-0.4, -0.2) is 6.04 Å². The third-order valence-electron chi connectivity index (χ3n) is 2.72. The van der Waals surface area contributed by atoms with Gasteiger partial charge in [-0.05, 0) is 34.8 Å². The maximum absolute atomic E-state index is 3.55. The monoisotopic (exact) mass is 275 g/mol. The Labute approximate surface area is 99.0 Å². The van der Waals surface area contributed by atoms with Gasteiger partial charge in [-0.25, -0.2) is 0 Å². The van der Waals surface area contributed by atoms with Crippen molar-refractivity contribution in [3.63, 3.8) is 0 Å². The van der Waals surface area contributed by atoms with Gasteiger partial charge in [-0.15, -0.1) is 11.3 Å². The normalized spacial score (nSPS) is 15.4. The van der Waals surface area contributed by atoms with Gasteiger partial charge >= 0.3 is 0 Å². The van der Waals surface area contributed by atoms with E-state index >= 15 is 0 Å². The Kier molecular flexibility index (Phi) is 5.13. The zero-order valence-corrected chi connectivity index (χ0v) is 11.4. The van der Waals surface area contributed by atoms with Crippen molar-refractivity contribution in [3.05, 3.63) is 20.8 Å². The average Bonchev–Trinajstić information content (AvgIpc) is 2.59. The molecule has 1 heterocycles. The Balaban J connectivity index is 2.33. The van der Waals surface area contributed by atoms with Gasteiger partial charge in [-0.1, -0.05) is 20.3 Å². The Morgan fingerprint density at radius 1 is 1.50 bits per heavy atom. The van der Waals surface area contributed by atoms with Crippen LogP contribution in [0.4, 0.5) is 0 Å². The molecule has 0 saturated heterocycles. The SMILES string of the molecule is CCC(C)C(C)NCc1cc(Br)cs1. The molecular weight excluding hydrogens is 258 g/mol. The summed E-state index contributed by atoms with van der Waals surface area (Å²) in [5, 5.41) is 5.68. The Hall–Kier alpha value is 0.140. The van der Waals surface area contributed by atoms with Crippen LogP contribution in [-0.2, 0) is 6.54 Å². The molecule has 3 heteroatoms. The van der Waals surface area contributed by atoms with Gasteiger partial charge in [0.05, 0.1) is 0 Å². The van der Waals surface area contributed by atoms with Crippen molar-refractivity contribution in [2.75, 3.05) is 0 Å². The fourth-order valence-corrected chi connectivity index (χ4v) is 2.66. The first kappa shape index (κ1) is 12.2. The van der Waals surface area contributed by atoms with Crippen molar-refractivity contribution in [3.8, 4) is 0 Å². The Morgan fingerprint density at radius 3 is 2.71 bits per heavy atom. The van der Waals surface area contributed by atoms with Crippen LogP contribution < -0.4 is 5.32 Å². The minimum Gasteiger partial charge on any atom is -0.309 e. The van der Waals surface area contributed by atoms with Gasteiger partial charge in [0, 0.05) is 27.3 Å². The third-order valence-corrected chi connectivity index (χ3v) is 4.42. The fourth-order valence-electron chi connectivity index (χ4n) is 1.26. The number of rotatable bonds is 5. The van der Waals surface area contributed by atoms with E-state index in [0.29, 0.717) is 6.04 Å². The molecule has 1 rings (SSSR count). The highest BCUT2D eigenvalue weighted by atomic mass is 79.9. The van der Waals surface area contributed by atoms with Gasteiger partial charge in [0.15, 0.2) is 0 Å². The molecule has 1 nitrogen and oxygen atoms in total. The fraction of sp³-hybridized carbons (Fsp3) is 0.636. The molecule has 0 aliphatic carbocycles. The van der Waals surface area contributed by atoms with Crippen LogP contribution in [0.5, 0.6) is 0 Å². The predicted octanol–water partition coefficient (Wildman–Crippen LogP) is 4.03. The Bertz CT molecular complexity index is 272. The van der Waals surface area contributed by atoms with Crippen LogP contribution in [0.15, 0.2) is 15.9 Å². The zero-order chi connectivity index (χ0) is 10.6. The summed E-state index contributed by atoms with van der Waals surface area (Å²) in [5.41, 5.74) is 0. The van der Waals surface area contributed by atoms with Crippen molar-refractivity contribution in [1.82, 2.24) is 5.32 Å². The van der Waals surface area contributed by atoms with Crippen molar-refractivity contribution < 1.29 is 0 Å². The molecule has 0 aliphatic rings. The summed E-state index contributed by atoms with van der Waals surface area (Å²) in [7, 11) is 0. The first-order chi connectivity index (χ1) is 6.63. The van der Waals surface area contributed by atoms with Crippen molar-refractivity contribution in [2.24, 2.45) is 5.92 Å². The summed E-state index contributed by atoms with van der Waals surface area (Å²) in [5.74, 6) is 0.749. The number of hydrogen-bond acceptors (Lipinski definition) is 2. The van der Waals surface area contributed by atoms with Crippen LogP contribution in [0.3, 0.4) is 0 Å². The van der Waals surface area contributed by atoms with Crippen LogP contribution in [0.25, 0.3) is 0 Å². The van der Waals surface area contributed by atoms with E-state index in [1.54, 1.807) is 11.3 Å². The first-order valence-corrected chi connectivity index (χ1v) is 6.77. The molecular formula is C11H18BrNS. The molecule has 1 aromatic rings. The smallest absolute Gasteiger partial charge is 0.0302 e. The van der Waals surface area contributed by atoms with Gasteiger partial charge in [-0.2, -0.15) is 0 Å². The summed E-state index contributed by atoms with van der Waals surface area (Å²) in [6.07, 6.45) is 1.24. The summed E-state index contributed by atoms with van der Waals surface area (Å²) in [4.78, 5) is 1.40. The van der Waals surface area contributed by atoms with Gasteiger partial charge in [-0.3, -0.25) is 0 Å². The van der Waals surface area contributed by atoms with Crippen LogP contribution in [0.1, 0.15) is 32.1 Å². The summed E-state index contributed by atoms with van der Waals surface area (Å²) in [6, 6.07) is 2.78. The number of halogens is 1. The van der Waals surface area contributed by atoms with Crippen LogP contribution >= 0.6 is 27.3 Å². The molecule has 2 unspecified atom stereocenters. The largest absolute Gasteiger partial charge is 0.309 e. The lowest BCUT2D eigenvalue weighted by Gasteiger charge is -2.19. The summed E-state index contributed by atoms with van der Waals surface area (Å²) in [6.45, 7) is 7.78. The van der Waals surface area contributed by atoms with E-state index in [2.05, 4.69) is 53.5 Å². The number of thiophene rings is 1. The molecule has 14 heavy (non-hydrogen) atoms. The van der Waals surface area contributed by atoms with E-state index in [4.69, 9.17) is 0 Å². The highest BCUT2D eigenvalue weighted by Gasteiger charge is 2.09. The Morgan fingerprint density at radius 2 is 2.21 bits per heavy atom. The average molecular weight is 276 g/mol. The minimum absolute atomic E-state index is 0.598. The number of nitrogens with one attached hydrogen (secondary N) is 1. The van der Waals surface area contributed by atoms with Gasteiger partial charge < -0.3 is 5.32 Å². The molecule has 80 valence electrons. The van der Waals surface area contributed by atoms with Gasteiger partial charge in [0.25, 0.3) is 0 Å². The molecule has 0 saturated carbocycles. The van der Waals surface area contributed by atoms with E-state index < -0.39 is 0 Å². The third kappa shape index (κ3) is 3.71. The highest BCUT2D eigenvalue weighted by molar-refractivity contribution is 9.10. The molecule has 0 bridgehead atoms. The molecule has 0 amide bonds. The van der Waals surface area contributed by atoms with Gasteiger partial charge in [0.1, 0.15) is 0 Å². The predicted molar refractivity (Wildman–Crippen MR) is 67.8 cm³/mol. The molecule has 1 aromatic heterocycles. The van der Waals surface area contributed by atoms with Crippen molar-refractivity contribution in [1.29, 1.82) is 0 Å². The topological polar surface area (TPSA) is 12.0 Å². The van der Waals surface area contributed by atoms with E-state index in [1.165, 1.54) is 15.8 Å². The van der Waals surface area contributed by atoms with Crippen molar-refractivity contribution in [2.45, 2.75) is 39.8 Å². The molecule has 2 atom stereocenters. The second-order valence-electron chi connectivity index (χ2n) is 3.79. The maximum atomic E-state index is 3.55.